The maximum Gasteiger partial charge on any atom is 0.269 e. The molecule has 2 heterocycles. The normalized spacial score (nSPS) is 16.4. The van der Waals surface area contributed by atoms with Crippen molar-refractivity contribution in [2.24, 2.45) is 0 Å². The summed E-state index contributed by atoms with van der Waals surface area (Å²) in [6.45, 7) is 5.64. The number of thiocarbonyl (C=S) groups is 1. The summed E-state index contributed by atoms with van der Waals surface area (Å²) >= 11 is 5.52. The maximum absolute atomic E-state index is 10.7. The highest BCUT2D eigenvalue weighted by Gasteiger charge is 2.23. The fourth-order valence-electron chi connectivity index (χ4n) is 3.71. The number of fused-ring (bicyclic) bond motifs is 1. The van der Waals surface area contributed by atoms with Crippen molar-refractivity contribution >= 4 is 28.7 Å². The highest BCUT2D eigenvalue weighted by atomic mass is 32.1. The van der Waals surface area contributed by atoms with E-state index in [1.54, 1.807) is 17.0 Å². The predicted molar refractivity (Wildman–Crippen MR) is 111 cm³/mol. The number of nitrogens with one attached hydrogen (secondary N) is 2. The first kappa shape index (κ1) is 18.6. The second-order valence-corrected chi connectivity index (χ2v) is 7.58. The summed E-state index contributed by atoms with van der Waals surface area (Å²) in [4.78, 5) is 14.0. The van der Waals surface area contributed by atoms with Crippen LogP contribution < -0.4 is 15.0 Å². The van der Waals surface area contributed by atoms with Crippen LogP contribution in [0.15, 0.2) is 42.5 Å². The Balaban J connectivity index is 1.27. The average molecular weight is 399 g/mol. The molecule has 28 heavy (non-hydrogen) atoms. The van der Waals surface area contributed by atoms with Crippen LogP contribution in [0.5, 0.6) is 5.75 Å². The monoisotopic (exact) mass is 399 g/mol. The minimum absolute atomic E-state index is 0.0757. The molecule has 0 bridgehead atoms. The molecule has 0 amide bonds. The van der Waals surface area contributed by atoms with E-state index in [1.807, 2.05) is 0 Å². The zero-order valence-electron chi connectivity index (χ0n) is 15.5. The van der Waals surface area contributed by atoms with Crippen LogP contribution in [0.3, 0.4) is 0 Å². The lowest BCUT2D eigenvalue weighted by Crippen LogP contribution is -3.13. The molecule has 2 aliphatic heterocycles. The van der Waals surface area contributed by atoms with Gasteiger partial charge in [0.05, 0.1) is 37.7 Å². The SMILES string of the molecule is O=[N+]([O-])c1ccc(NC(=S)N2CC[NH+](Cc3ccc4c(c3)CCO4)CC2)cc1. The standard InChI is InChI=1S/C20H22N4O3S/c25-24(26)18-4-2-17(3-5-18)21-20(28)23-10-8-22(9-11-23)14-15-1-6-19-16(13-15)7-12-27-19/h1-6,13H,7-12,14H2,(H,21,28)/p+1. The van der Waals surface area contributed by atoms with E-state index in [1.165, 1.54) is 23.3 Å². The van der Waals surface area contributed by atoms with Gasteiger partial charge in [0.2, 0.25) is 0 Å². The number of anilines is 1. The number of nitro groups is 1. The third-order valence-electron chi connectivity index (χ3n) is 5.30. The maximum atomic E-state index is 10.7. The summed E-state index contributed by atoms with van der Waals surface area (Å²) in [6.07, 6.45) is 1.01. The Hall–Kier alpha value is -2.71. The van der Waals surface area contributed by atoms with Gasteiger partial charge >= 0.3 is 0 Å². The molecule has 146 valence electrons. The van der Waals surface area contributed by atoms with Gasteiger partial charge in [-0.1, -0.05) is 0 Å². The van der Waals surface area contributed by atoms with Crippen LogP contribution in [0.4, 0.5) is 11.4 Å². The number of non-ortho nitro benzene ring substituents is 1. The minimum Gasteiger partial charge on any atom is -0.493 e. The lowest BCUT2D eigenvalue weighted by atomic mass is 10.1. The molecule has 2 aliphatic rings. The third-order valence-corrected chi connectivity index (χ3v) is 5.66. The fourth-order valence-corrected chi connectivity index (χ4v) is 4.01. The Morgan fingerprint density at radius 1 is 1.21 bits per heavy atom. The summed E-state index contributed by atoms with van der Waals surface area (Å²) < 4.78 is 5.58. The Morgan fingerprint density at radius 3 is 2.68 bits per heavy atom. The van der Waals surface area contributed by atoms with Crippen molar-refractivity contribution in [1.29, 1.82) is 0 Å². The Labute approximate surface area is 169 Å². The van der Waals surface area contributed by atoms with Crippen LogP contribution in [0.1, 0.15) is 11.1 Å². The Kier molecular flexibility index (Phi) is 5.40. The number of rotatable bonds is 4. The van der Waals surface area contributed by atoms with Crippen molar-refractivity contribution in [1.82, 2.24) is 4.90 Å². The highest BCUT2D eigenvalue weighted by molar-refractivity contribution is 7.80. The fraction of sp³-hybridized carbons (Fsp3) is 0.350. The molecular formula is C20H23N4O3S+. The zero-order valence-corrected chi connectivity index (χ0v) is 16.3. The summed E-state index contributed by atoms with van der Waals surface area (Å²) in [7, 11) is 0. The summed E-state index contributed by atoms with van der Waals surface area (Å²) in [5.41, 5.74) is 3.53. The summed E-state index contributed by atoms with van der Waals surface area (Å²) in [5, 5.41) is 14.6. The summed E-state index contributed by atoms with van der Waals surface area (Å²) in [6, 6.07) is 12.9. The molecule has 0 saturated carbocycles. The average Bonchev–Trinajstić information content (AvgIpc) is 3.17. The van der Waals surface area contributed by atoms with E-state index in [9.17, 15) is 10.1 Å². The highest BCUT2D eigenvalue weighted by Crippen LogP contribution is 2.25. The van der Waals surface area contributed by atoms with E-state index in [2.05, 4.69) is 28.4 Å². The molecule has 1 fully saturated rings. The van der Waals surface area contributed by atoms with Gasteiger partial charge in [-0.25, -0.2) is 0 Å². The van der Waals surface area contributed by atoms with E-state index in [4.69, 9.17) is 17.0 Å². The van der Waals surface area contributed by atoms with E-state index in [-0.39, 0.29) is 5.69 Å². The molecule has 0 radical (unpaired) electrons. The number of nitrogens with zero attached hydrogens (tertiary/aromatic N) is 2. The Bertz CT molecular complexity index is 880. The predicted octanol–water partition coefficient (Wildman–Crippen LogP) is 1.63. The first-order valence-electron chi connectivity index (χ1n) is 9.47. The van der Waals surface area contributed by atoms with Crippen LogP contribution in [-0.4, -0.2) is 47.7 Å². The molecule has 0 aliphatic carbocycles. The molecule has 0 spiro atoms. The number of nitro benzene ring substituents is 1. The van der Waals surface area contributed by atoms with Gasteiger partial charge in [0.15, 0.2) is 5.11 Å². The molecule has 2 aromatic rings. The second kappa shape index (κ2) is 8.12. The molecule has 0 atom stereocenters. The Morgan fingerprint density at radius 2 is 1.96 bits per heavy atom. The van der Waals surface area contributed by atoms with Crippen LogP contribution in [0, 0.1) is 10.1 Å². The molecule has 7 nitrogen and oxygen atoms in total. The van der Waals surface area contributed by atoms with Gasteiger partial charge in [-0.2, -0.15) is 0 Å². The van der Waals surface area contributed by atoms with Crippen molar-refractivity contribution in [2.45, 2.75) is 13.0 Å². The molecular weight excluding hydrogens is 376 g/mol. The second-order valence-electron chi connectivity index (χ2n) is 7.19. The van der Waals surface area contributed by atoms with Crippen molar-refractivity contribution in [3.8, 4) is 5.75 Å². The number of hydrogen-bond donors (Lipinski definition) is 2. The topological polar surface area (TPSA) is 72.1 Å². The molecule has 1 saturated heterocycles. The largest absolute Gasteiger partial charge is 0.493 e. The van der Waals surface area contributed by atoms with E-state index >= 15 is 0 Å². The van der Waals surface area contributed by atoms with E-state index in [0.29, 0.717) is 5.11 Å². The first-order valence-corrected chi connectivity index (χ1v) is 9.88. The van der Waals surface area contributed by atoms with Crippen LogP contribution >= 0.6 is 12.2 Å². The third kappa shape index (κ3) is 4.23. The molecule has 8 heteroatoms. The quantitative estimate of drug-likeness (QED) is 0.463. The number of hydrogen-bond acceptors (Lipinski definition) is 4. The van der Waals surface area contributed by atoms with Crippen LogP contribution in [-0.2, 0) is 13.0 Å². The van der Waals surface area contributed by atoms with Gasteiger partial charge < -0.3 is 19.9 Å². The zero-order chi connectivity index (χ0) is 19.5. The van der Waals surface area contributed by atoms with E-state index < -0.39 is 4.92 Å². The van der Waals surface area contributed by atoms with E-state index in [0.717, 1.165) is 57.2 Å². The molecule has 2 aromatic carbocycles. The lowest BCUT2D eigenvalue weighted by molar-refractivity contribution is -0.917. The number of ether oxygens (including phenoxy) is 1. The van der Waals surface area contributed by atoms with Gasteiger partial charge in [0, 0.05) is 29.8 Å². The first-order chi connectivity index (χ1) is 13.6. The van der Waals surface area contributed by atoms with Crippen molar-refractivity contribution in [3.63, 3.8) is 0 Å². The van der Waals surface area contributed by atoms with Gasteiger partial charge in [0.1, 0.15) is 12.3 Å². The van der Waals surface area contributed by atoms with Gasteiger partial charge in [-0.3, -0.25) is 10.1 Å². The smallest absolute Gasteiger partial charge is 0.269 e. The minimum atomic E-state index is -0.405. The van der Waals surface area contributed by atoms with Crippen LogP contribution in [0.25, 0.3) is 0 Å². The van der Waals surface area contributed by atoms with Gasteiger partial charge in [-0.05, 0) is 48.1 Å². The van der Waals surface area contributed by atoms with Gasteiger partial charge in [-0.15, -0.1) is 0 Å². The van der Waals surface area contributed by atoms with Crippen LogP contribution in [0.2, 0.25) is 0 Å². The van der Waals surface area contributed by atoms with Gasteiger partial charge in [0.25, 0.3) is 5.69 Å². The lowest BCUT2D eigenvalue weighted by Gasteiger charge is -2.34. The number of quaternary nitrogens is 1. The summed E-state index contributed by atoms with van der Waals surface area (Å²) in [5.74, 6) is 1.03. The molecule has 0 unspecified atom stereocenters. The number of benzene rings is 2. The van der Waals surface area contributed by atoms with Crippen molar-refractivity contribution in [3.05, 3.63) is 63.7 Å². The molecule has 0 aromatic heterocycles. The molecule has 4 rings (SSSR count). The van der Waals surface area contributed by atoms with Crippen molar-refractivity contribution in [2.75, 3.05) is 38.1 Å². The van der Waals surface area contributed by atoms with Crippen molar-refractivity contribution < 1.29 is 14.6 Å². The number of piperazine rings is 1. The molecule has 2 N–H and O–H groups in total.